The summed E-state index contributed by atoms with van der Waals surface area (Å²) in [4.78, 5) is 12.4. The van der Waals surface area contributed by atoms with Crippen molar-refractivity contribution < 1.29 is 9.53 Å². The number of hydrogen-bond acceptors (Lipinski definition) is 3. The molecular formula is C27H25BrN2O2. The second-order valence-corrected chi connectivity index (χ2v) is 8.33. The number of nitriles is 1. The molecule has 0 atom stereocenters. The van der Waals surface area contributed by atoms with Crippen molar-refractivity contribution in [2.45, 2.75) is 26.4 Å². The highest BCUT2D eigenvalue weighted by Gasteiger charge is 2.10. The van der Waals surface area contributed by atoms with Crippen LogP contribution in [0.3, 0.4) is 0 Å². The molecule has 1 N–H and O–H groups in total. The van der Waals surface area contributed by atoms with Crippen molar-refractivity contribution >= 4 is 27.9 Å². The van der Waals surface area contributed by atoms with Crippen LogP contribution in [0.25, 0.3) is 6.08 Å². The Labute approximate surface area is 197 Å². The monoisotopic (exact) mass is 488 g/mol. The van der Waals surface area contributed by atoms with Gasteiger partial charge in [0.25, 0.3) is 5.91 Å². The van der Waals surface area contributed by atoms with E-state index >= 15 is 0 Å². The topological polar surface area (TPSA) is 62.1 Å². The Morgan fingerprint density at radius 2 is 1.81 bits per heavy atom. The molecule has 0 heterocycles. The summed E-state index contributed by atoms with van der Waals surface area (Å²) < 4.78 is 6.65. The Kier molecular flexibility index (Phi) is 8.65. The fraction of sp³-hybridized carbons (Fsp3) is 0.185. The maximum Gasteiger partial charge on any atom is 0.261 e. The molecule has 0 aliphatic heterocycles. The lowest BCUT2D eigenvalue weighted by molar-refractivity contribution is -0.117. The van der Waals surface area contributed by atoms with Gasteiger partial charge in [0.05, 0.1) is 4.47 Å². The molecule has 3 rings (SSSR count). The smallest absolute Gasteiger partial charge is 0.261 e. The lowest BCUT2D eigenvalue weighted by atomic mass is 10.1. The molecule has 3 aromatic carbocycles. The standard InChI is InChI=1S/C27H25BrN2O2/c1-20-9-11-22(12-10-20)19-32-26-14-13-23(17-25(26)28)16-24(18-29)27(31)30-15-5-8-21-6-3-2-4-7-21/h2-4,6-7,9-14,16-17H,5,8,15,19H2,1H3,(H,30,31)/b24-16-. The predicted octanol–water partition coefficient (Wildman–Crippen LogP) is 5.99. The fourth-order valence-corrected chi connectivity index (χ4v) is 3.63. The first-order valence-corrected chi connectivity index (χ1v) is 11.3. The number of halogens is 1. The SMILES string of the molecule is Cc1ccc(COc2ccc(/C=C(/C#N)C(=O)NCCCc3ccccc3)cc2Br)cc1. The second-order valence-electron chi connectivity index (χ2n) is 7.48. The molecule has 0 unspecified atom stereocenters. The van der Waals surface area contributed by atoms with Crippen LogP contribution in [-0.2, 0) is 17.8 Å². The summed E-state index contributed by atoms with van der Waals surface area (Å²) >= 11 is 3.52. The summed E-state index contributed by atoms with van der Waals surface area (Å²) in [6.45, 7) is 3.03. The molecular weight excluding hydrogens is 464 g/mol. The van der Waals surface area contributed by atoms with E-state index in [9.17, 15) is 10.1 Å². The predicted molar refractivity (Wildman–Crippen MR) is 131 cm³/mol. The Hall–Kier alpha value is -3.36. The number of carbonyl (C=O) groups excluding carboxylic acids is 1. The van der Waals surface area contributed by atoms with Crippen LogP contribution in [0.5, 0.6) is 5.75 Å². The normalized spacial score (nSPS) is 11.0. The van der Waals surface area contributed by atoms with Gasteiger partial charge in [-0.1, -0.05) is 66.2 Å². The Bertz CT molecular complexity index is 1120. The molecule has 1 amide bonds. The average Bonchev–Trinajstić information content (AvgIpc) is 2.81. The fourth-order valence-electron chi connectivity index (χ4n) is 3.12. The number of ether oxygens (including phenoxy) is 1. The van der Waals surface area contributed by atoms with Crippen LogP contribution in [0.2, 0.25) is 0 Å². The van der Waals surface area contributed by atoms with Crippen LogP contribution >= 0.6 is 15.9 Å². The lowest BCUT2D eigenvalue weighted by Gasteiger charge is -2.09. The third kappa shape index (κ3) is 7.11. The maximum atomic E-state index is 12.4. The number of aryl methyl sites for hydroxylation is 2. The molecule has 0 spiro atoms. The highest BCUT2D eigenvalue weighted by Crippen LogP contribution is 2.27. The van der Waals surface area contributed by atoms with Gasteiger partial charge in [0.15, 0.2) is 0 Å². The van der Waals surface area contributed by atoms with Crippen LogP contribution in [0.15, 0.2) is 82.8 Å². The molecule has 5 heteroatoms. The second kappa shape index (κ2) is 11.9. The van der Waals surface area contributed by atoms with Crippen molar-refractivity contribution in [1.29, 1.82) is 5.26 Å². The van der Waals surface area contributed by atoms with Crippen molar-refractivity contribution in [2.75, 3.05) is 6.54 Å². The van der Waals surface area contributed by atoms with Gasteiger partial charge in [-0.3, -0.25) is 4.79 Å². The van der Waals surface area contributed by atoms with Crippen molar-refractivity contribution in [1.82, 2.24) is 5.32 Å². The molecule has 0 aliphatic carbocycles. The van der Waals surface area contributed by atoms with Crippen LogP contribution in [-0.4, -0.2) is 12.5 Å². The van der Waals surface area contributed by atoms with E-state index in [4.69, 9.17) is 4.74 Å². The average molecular weight is 489 g/mol. The minimum absolute atomic E-state index is 0.0740. The number of amides is 1. The van der Waals surface area contributed by atoms with Gasteiger partial charge in [-0.2, -0.15) is 5.26 Å². The molecule has 0 saturated heterocycles. The number of carbonyl (C=O) groups is 1. The van der Waals surface area contributed by atoms with Gasteiger partial charge in [-0.05, 0) is 70.6 Å². The number of rotatable bonds is 9. The van der Waals surface area contributed by atoms with Crippen LogP contribution in [0.1, 0.15) is 28.7 Å². The zero-order valence-electron chi connectivity index (χ0n) is 18.0. The number of nitrogens with zero attached hydrogens (tertiary/aromatic N) is 1. The quantitative estimate of drug-likeness (QED) is 0.228. The van der Waals surface area contributed by atoms with Gasteiger partial charge in [0.2, 0.25) is 0 Å². The van der Waals surface area contributed by atoms with E-state index in [0.717, 1.165) is 28.4 Å². The van der Waals surface area contributed by atoms with Gasteiger partial charge in [-0.15, -0.1) is 0 Å². The first-order chi connectivity index (χ1) is 15.5. The summed E-state index contributed by atoms with van der Waals surface area (Å²) in [6.07, 6.45) is 3.28. The molecule has 162 valence electrons. The third-order valence-corrected chi connectivity index (χ3v) is 5.54. The molecule has 0 aliphatic rings. The molecule has 0 bridgehead atoms. The minimum atomic E-state index is -0.364. The third-order valence-electron chi connectivity index (χ3n) is 4.92. The van der Waals surface area contributed by atoms with Gasteiger partial charge >= 0.3 is 0 Å². The zero-order chi connectivity index (χ0) is 22.8. The summed E-state index contributed by atoms with van der Waals surface area (Å²) in [5.74, 6) is 0.336. The molecule has 32 heavy (non-hydrogen) atoms. The van der Waals surface area contributed by atoms with E-state index in [-0.39, 0.29) is 11.5 Å². The minimum Gasteiger partial charge on any atom is -0.488 e. The number of nitrogens with one attached hydrogen (secondary N) is 1. The molecule has 0 aromatic heterocycles. The Balaban J connectivity index is 1.55. The van der Waals surface area contributed by atoms with Gasteiger partial charge in [0.1, 0.15) is 24.0 Å². The van der Waals surface area contributed by atoms with Gasteiger partial charge in [-0.25, -0.2) is 0 Å². The number of benzene rings is 3. The highest BCUT2D eigenvalue weighted by molar-refractivity contribution is 9.10. The van der Waals surface area contributed by atoms with Crippen molar-refractivity contribution in [3.05, 3.63) is 105 Å². The highest BCUT2D eigenvalue weighted by atomic mass is 79.9. The van der Waals surface area contributed by atoms with Crippen molar-refractivity contribution in [3.63, 3.8) is 0 Å². The van der Waals surface area contributed by atoms with Crippen LogP contribution < -0.4 is 10.1 Å². The van der Waals surface area contributed by atoms with E-state index in [1.54, 1.807) is 6.08 Å². The van der Waals surface area contributed by atoms with E-state index in [1.165, 1.54) is 11.1 Å². The zero-order valence-corrected chi connectivity index (χ0v) is 19.6. The molecule has 0 radical (unpaired) electrons. The summed E-state index contributed by atoms with van der Waals surface area (Å²) in [5.41, 5.74) is 4.34. The van der Waals surface area contributed by atoms with Crippen molar-refractivity contribution in [2.24, 2.45) is 0 Å². The maximum absolute atomic E-state index is 12.4. The van der Waals surface area contributed by atoms with E-state index < -0.39 is 0 Å². The summed E-state index contributed by atoms with van der Waals surface area (Å²) in [7, 11) is 0. The Morgan fingerprint density at radius 1 is 1.06 bits per heavy atom. The molecule has 0 saturated carbocycles. The first-order valence-electron chi connectivity index (χ1n) is 10.5. The lowest BCUT2D eigenvalue weighted by Crippen LogP contribution is -2.25. The number of hydrogen-bond donors (Lipinski definition) is 1. The van der Waals surface area contributed by atoms with Gasteiger partial charge in [0, 0.05) is 6.54 Å². The van der Waals surface area contributed by atoms with E-state index in [2.05, 4.69) is 45.5 Å². The van der Waals surface area contributed by atoms with Crippen LogP contribution in [0.4, 0.5) is 0 Å². The van der Waals surface area contributed by atoms with E-state index in [1.807, 2.05) is 61.5 Å². The Morgan fingerprint density at radius 3 is 2.50 bits per heavy atom. The molecule has 3 aromatic rings. The van der Waals surface area contributed by atoms with Gasteiger partial charge < -0.3 is 10.1 Å². The molecule has 0 fully saturated rings. The van der Waals surface area contributed by atoms with Crippen molar-refractivity contribution in [3.8, 4) is 11.8 Å². The summed E-state index contributed by atoms with van der Waals surface area (Å²) in [5, 5.41) is 12.3. The van der Waals surface area contributed by atoms with E-state index in [0.29, 0.717) is 18.9 Å². The largest absolute Gasteiger partial charge is 0.488 e. The molecule has 4 nitrogen and oxygen atoms in total. The first kappa shape index (κ1) is 23.3. The summed E-state index contributed by atoms with van der Waals surface area (Å²) in [6, 6.07) is 25.8. The van der Waals surface area contributed by atoms with Crippen LogP contribution in [0, 0.1) is 18.3 Å².